The molecular weight excluding hydrogens is 248 g/mol. The number of rotatable bonds is 2. The van der Waals surface area contributed by atoms with E-state index in [-0.39, 0.29) is 0 Å². The van der Waals surface area contributed by atoms with E-state index in [0.717, 1.165) is 42.4 Å². The normalized spacial score (nSPS) is 13.9. The minimum absolute atomic E-state index is 0.818. The molecule has 0 radical (unpaired) electrons. The lowest BCUT2D eigenvalue weighted by Gasteiger charge is -2.20. The van der Waals surface area contributed by atoms with Crippen molar-refractivity contribution in [2.45, 2.75) is 26.8 Å². The minimum Gasteiger partial charge on any atom is -0.373 e. The first kappa shape index (κ1) is 13.1. The highest BCUT2D eigenvalue weighted by molar-refractivity contribution is 5.61. The molecule has 0 bridgehead atoms. The second-order valence-electron chi connectivity index (χ2n) is 5.30. The summed E-state index contributed by atoms with van der Waals surface area (Å²) in [5.74, 6) is 1.76. The van der Waals surface area contributed by atoms with Gasteiger partial charge in [-0.1, -0.05) is 12.1 Å². The van der Waals surface area contributed by atoms with Gasteiger partial charge in [0, 0.05) is 37.7 Å². The Bertz CT molecular complexity index is 632. The number of fused-ring (bicyclic) bond motifs is 1. The van der Waals surface area contributed by atoms with Crippen LogP contribution in [0.2, 0.25) is 0 Å². The molecule has 4 nitrogen and oxygen atoms in total. The lowest BCUT2D eigenvalue weighted by atomic mass is 10.0. The predicted octanol–water partition coefficient (Wildman–Crippen LogP) is 2.45. The van der Waals surface area contributed by atoms with Gasteiger partial charge in [-0.2, -0.15) is 0 Å². The molecule has 0 amide bonds. The molecule has 1 aromatic carbocycles. The lowest BCUT2D eigenvalue weighted by Crippen LogP contribution is -2.26. The zero-order valence-corrected chi connectivity index (χ0v) is 12.2. The maximum atomic E-state index is 4.77. The van der Waals surface area contributed by atoms with E-state index in [0.29, 0.717) is 0 Å². The molecule has 1 aliphatic rings. The molecule has 1 aliphatic heterocycles. The quantitative estimate of drug-likeness (QED) is 0.878. The van der Waals surface area contributed by atoms with Gasteiger partial charge in [0.1, 0.15) is 5.82 Å². The van der Waals surface area contributed by atoms with E-state index < -0.39 is 0 Å². The highest BCUT2D eigenvalue weighted by Crippen LogP contribution is 2.25. The summed E-state index contributed by atoms with van der Waals surface area (Å²) in [7, 11) is 1.92. The van der Waals surface area contributed by atoms with Crippen molar-refractivity contribution < 1.29 is 0 Å². The van der Waals surface area contributed by atoms with E-state index in [1.165, 1.54) is 16.7 Å². The number of nitrogens with one attached hydrogen (secondary N) is 2. The topological polar surface area (TPSA) is 49.8 Å². The molecule has 0 spiro atoms. The molecule has 0 aliphatic carbocycles. The summed E-state index contributed by atoms with van der Waals surface area (Å²) in [6.45, 7) is 6.08. The number of benzene rings is 1. The largest absolute Gasteiger partial charge is 0.373 e. The highest BCUT2D eigenvalue weighted by Gasteiger charge is 2.17. The van der Waals surface area contributed by atoms with Crippen molar-refractivity contribution in [1.29, 1.82) is 0 Å². The van der Waals surface area contributed by atoms with E-state index in [4.69, 9.17) is 4.98 Å². The van der Waals surface area contributed by atoms with Crippen LogP contribution < -0.4 is 10.6 Å². The maximum Gasteiger partial charge on any atom is 0.161 e. The number of hydrogen-bond acceptors (Lipinski definition) is 4. The molecule has 2 N–H and O–H groups in total. The monoisotopic (exact) mass is 268 g/mol. The summed E-state index contributed by atoms with van der Waals surface area (Å²) in [5, 5.41) is 6.57. The van der Waals surface area contributed by atoms with Gasteiger partial charge < -0.3 is 10.6 Å². The Balaban J connectivity index is 2.11. The zero-order chi connectivity index (χ0) is 14.1. The van der Waals surface area contributed by atoms with Crippen molar-refractivity contribution in [1.82, 2.24) is 15.3 Å². The Labute approximate surface area is 119 Å². The van der Waals surface area contributed by atoms with E-state index >= 15 is 0 Å². The molecule has 0 saturated carbocycles. The summed E-state index contributed by atoms with van der Waals surface area (Å²) >= 11 is 0. The molecule has 0 atom stereocenters. The summed E-state index contributed by atoms with van der Waals surface area (Å²) < 4.78 is 0. The molecule has 20 heavy (non-hydrogen) atoms. The van der Waals surface area contributed by atoms with Crippen LogP contribution in [0.5, 0.6) is 0 Å². The van der Waals surface area contributed by atoms with Crippen LogP contribution in [0.3, 0.4) is 0 Å². The summed E-state index contributed by atoms with van der Waals surface area (Å²) in [5.41, 5.74) is 6.02. The first-order valence-corrected chi connectivity index (χ1v) is 7.05. The Morgan fingerprint density at radius 3 is 2.75 bits per heavy atom. The molecular formula is C16H20N4. The Morgan fingerprint density at radius 2 is 2.00 bits per heavy atom. The standard InChI is InChI=1S/C16H20N4/c1-10-4-5-12(8-11(10)2)15-19-14-6-7-18-9-13(14)16(17-3)20-15/h4-5,8,18H,6-7,9H2,1-3H3,(H,17,19,20). The minimum atomic E-state index is 0.818. The van der Waals surface area contributed by atoms with Gasteiger partial charge in [0.25, 0.3) is 0 Å². The average Bonchev–Trinajstić information content (AvgIpc) is 2.49. The van der Waals surface area contributed by atoms with Gasteiger partial charge in [-0.25, -0.2) is 9.97 Å². The fourth-order valence-corrected chi connectivity index (χ4v) is 2.56. The molecule has 2 aromatic rings. The van der Waals surface area contributed by atoms with Gasteiger partial charge in [0.05, 0.1) is 5.69 Å². The summed E-state index contributed by atoms with van der Waals surface area (Å²) in [6, 6.07) is 6.40. The van der Waals surface area contributed by atoms with E-state index in [2.05, 4.69) is 47.7 Å². The number of anilines is 1. The average molecular weight is 268 g/mol. The fourth-order valence-electron chi connectivity index (χ4n) is 2.56. The fraction of sp³-hybridized carbons (Fsp3) is 0.375. The van der Waals surface area contributed by atoms with Gasteiger partial charge in [0.2, 0.25) is 0 Å². The van der Waals surface area contributed by atoms with Crippen molar-refractivity contribution in [2.24, 2.45) is 0 Å². The van der Waals surface area contributed by atoms with Crippen LogP contribution >= 0.6 is 0 Å². The van der Waals surface area contributed by atoms with E-state index in [1.807, 2.05) is 7.05 Å². The molecule has 0 saturated heterocycles. The number of hydrogen-bond donors (Lipinski definition) is 2. The van der Waals surface area contributed by atoms with Gasteiger partial charge >= 0.3 is 0 Å². The van der Waals surface area contributed by atoms with Crippen LogP contribution in [0.1, 0.15) is 22.4 Å². The molecule has 104 valence electrons. The first-order chi connectivity index (χ1) is 9.69. The molecule has 0 unspecified atom stereocenters. The van der Waals surface area contributed by atoms with Gasteiger partial charge in [-0.3, -0.25) is 0 Å². The van der Waals surface area contributed by atoms with E-state index in [1.54, 1.807) is 0 Å². The summed E-state index contributed by atoms with van der Waals surface area (Å²) in [6.07, 6.45) is 0.963. The molecule has 0 fully saturated rings. The molecule has 2 heterocycles. The van der Waals surface area contributed by atoms with Crippen molar-refractivity contribution in [3.63, 3.8) is 0 Å². The zero-order valence-electron chi connectivity index (χ0n) is 12.2. The third-order valence-electron chi connectivity index (χ3n) is 3.94. The first-order valence-electron chi connectivity index (χ1n) is 7.05. The predicted molar refractivity (Wildman–Crippen MR) is 81.9 cm³/mol. The smallest absolute Gasteiger partial charge is 0.161 e. The number of nitrogens with zero attached hydrogens (tertiary/aromatic N) is 2. The maximum absolute atomic E-state index is 4.77. The third-order valence-corrected chi connectivity index (χ3v) is 3.94. The molecule has 3 rings (SSSR count). The lowest BCUT2D eigenvalue weighted by molar-refractivity contribution is 0.628. The second-order valence-corrected chi connectivity index (χ2v) is 5.30. The summed E-state index contributed by atoms with van der Waals surface area (Å²) in [4.78, 5) is 9.46. The molecule has 4 heteroatoms. The van der Waals surface area contributed by atoms with Crippen molar-refractivity contribution >= 4 is 5.82 Å². The Morgan fingerprint density at radius 1 is 1.15 bits per heavy atom. The Kier molecular flexibility index (Phi) is 3.40. The van der Waals surface area contributed by atoms with Gasteiger partial charge in [0.15, 0.2) is 5.82 Å². The van der Waals surface area contributed by atoms with Crippen LogP contribution in [-0.4, -0.2) is 23.6 Å². The van der Waals surface area contributed by atoms with Crippen LogP contribution in [-0.2, 0) is 13.0 Å². The van der Waals surface area contributed by atoms with Gasteiger partial charge in [-0.05, 0) is 31.0 Å². The molecule has 1 aromatic heterocycles. The van der Waals surface area contributed by atoms with Crippen molar-refractivity contribution in [2.75, 3.05) is 18.9 Å². The van der Waals surface area contributed by atoms with Crippen LogP contribution in [0.4, 0.5) is 5.82 Å². The highest BCUT2D eigenvalue weighted by atomic mass is 15.0. The Hall–Kier alpha value is -1.94. The van der Waals surface area contributed by atoms with Gasteiger partial charge in [-0.15, -0.1) is 0 Å². The van der Waals surface area contributed by atoms with Crippen LogP contribution in [0.25, 0.3) is 11.4 Å². The SMILES string of the molecule is CNc1nc(-c2ccc(C)c(C)c2)nc2c1CNCC2. The van der Waals surface area contributed by atoms with Crippen LogP contribution in [0.15, 0.2) is 18.2 Å². The third kappa shape index (κ3) is 2.27. The van der Waals surface area contributed by atoms with Crippen molar-refractivity contribution in [3.05, 3.63) is 40.6 Å². The number of aryl methyl sites for hydroxylation is 2. The number of aromatic nitrogens is 2. The van der Waals surface area contributed by atoms with E-state index in [9.17, 15) is 0 Å². The van der Waals surface area contributed by atoms with Crippen molar-refractivity contribution in [3.8, 4) is 11.4 Å². The second kappa shape index (κ2) is 5.21. The van der Waals surface area contributed by atoms with Crippen LogP contribution in [0, 0.1) is 13.8 Å².